The van der Waals surface area contributed by atoms with Gasteiger partial charge in [0.15, 0.2) is 27.0 Å². The predicted molar refractivity (Wildman–Crippen MR) is 124 cm³/mol. The van der Waals surface area contributed by atoms with Gasteiger partial charge in [0.25, 0.3) is 5.91 Å². The third-order valence-corrected chi connectivity index (χ3v) is 7.33. The van der Waals surface area contributed by atoms with Crippen molar-refractivity contribution >= 4 is 50.4 Å². The Kier molecular flexibility index (Phi) is 5.31. The van der Waals surface area contributed by atoms with E-state index in [1.165, 1.54) is 19.4 Å². The van der Waals surface area contributed by atoms with E-state index in [9.17, 15) is 18.0 Å². The lowest BCUT2D eigenvalue weighted by atomic mass is 10.2. The van der Waals surface area contributed by atoms with Gasteiger partial charge in [-0.1, -0.05) is 0 Å². The van der Waals surface area contributed by atoms with Gasteiger partial charge in [-0.05, 0) is 25.0 Å². The van der Waals surface area contributed by atoms with E-state index in [2.05, 4.69) is 36.2 Å². The van der Waals surface area contributed by atoms with Crippen molar-refractivity contribution in [3.05, 3.63) is 30.1 Å². The third-order valence-electron chi connectivity index (χ3n) is 5.82. The summed E-state index contributed by atoms with van der Waals surface area (Å²) in [6, 6.07) is 5.13. The molecule has 1 saturated heterocycles. The smallest absolute Gasteiger partial charge is 0.273 e. The zero-order valence-corrected chi connectivity index (χ0v) is 19.3. The number of fused-ring (bicyclic) bond motifs is 1. The minimum absolute atomic E-state index is 0.00903. The Labute approximate surface area is 194 Å². The van der Waals surface area contributed by atoms with Crippen LogP contribution in [0.15, 0.2) is 24.4 Å². The molecule has 1 aliphatic heterocycles. The van der Waals surface area contributed by atoms with Crippen LogP contribution in [0.1, 0.15) is 23.3 Å². The van der Waals surface area contributed by atoms with Crippen LogP contribution in [0, 0.1) is 5.92 Å². The van der Waals surface area contributed by atoms with Crippen LogP contribution in [0.5, 0.6) is 0 Å². The summed E-state index contributed by atoms with van der Waals surface area (Å²) in [7, 11) is -1.58. The zero-order chi connectivity index (χ0) is 24.0. The highest BCUT2D eigenvalue weighted by atomic mass is 32.2. The summed E-state index contributed by atoms with van der Waals surface area (Å²) in [5.74, 6) is -0.163. The number of carbonyl (C=O) groups excluding carboxylic acids is 2. The number of rotatable bonds is 7. The molecule has 34 heavy (non-hydrogen) atoms. The van der Waals surface area contributed by atoms with Crippen LogP contribution in [-0.2, 0) is 14.6 Å². The number of sulfone groups is 1. The molecule has 0 aromatic carbocycles. The summed E-state index contributed by atoms with van der Waals surface area (Å²) < 4.78 is 24.9. The monoisotopic (exact) mass is 485 g/mol. The van der Waals surface area contributed by atoms with E-state index < -0.39 is 15.7 Å². The zero-order valence-electron chi connectivity index (χ0n) is 18.5. The molecule has 1 saturated carbocycles. The molecule has 2 aliphatic rings. The quantitative estimate of drug-likeness (QED) is 0.421. The van der Waals surface area contributed by atoms with E-state index in [0.29, 0.717) is 18.7 Å². The summed E-state index contributed by atoms with van der Waals surface area (Å²) in [5, 5.41) is 20.1. The van der Waals surface area contributed by atoms with E-state index in [0.717, 1.165) is 18.5 Å². The average molecular weight is 486 g/mol. The fourth-order valence-corrected chi connectivity index (χ4v) is 4.46. The van der Waals surface area contributed by atoms with Crippen LogP contribution in [-0.4, -0.2) is 76.7 Å². The molecular weight excluding hydrogens is 462 g/mol. The fourth-order valence-electron chi connectivity index (χ4n) is 3.56. The molecule has 0 atom stereocenters. The SMILES string of the molecule is CNC(=O)c1nnc(NC(=O)C2CC2)cc1Nc1nc2ccc(N3CC(S(C)(=O)=O)C3)cn2n1. The first kappa shape index (κ1) is 22.0. The molecule has 2 fully saturated rings. The first-order valence-electron chi connectivity index (χ1n) is 10.7. The van der Waals surface area contributed by atoms with Crippen LogP contribution in [0.4, 0.5) is 23.1 Å². The Hall–Kier alpha value is -3.81. The summed E-state index contributed by atoms with van der Waals surface area (Å²) in [6.07, 6.45) is 4.70. The molecule has 2 amide bonds. The first-order valence-corrected chi connectivity index (χ1v) is 12.6. The molecule has 3 aromatic heterocycles. The Bertz CT molecular complexity index is 1390. The molecule has 13 nitrogen and oxygen atoms in total. The molecule has 3 N–H and O–H groups in total. The van der Waals surface area contributed by atoms with Crippen LogP contribution < -0.4 is 20.9 Å². The molecule has 3 aromatic rings. The van der Waals surface area contributed by atoms with Crippen molar-refractivity contribution in [1.29, 1.82) is 0 Å². The normalized spacial score (nSPS) is 16.2. The van der Waals surface area contributed by atoms with Gasteiger partial charge in [0.2, 0.25) is 11.9 Å². The highest BCUT2D eigenvalue weighted by Gasteiger charge is 2.35. The van der Waals surface area contributed by atoms with Crippen molar-refractivity contribution in [2.45, 2.75) is 18.1 Å². The molecule has 0 radical (unpaired) electrons. The van der Waals surface area contributed by atoms with Gasteiger partial charge in [-0.3, -0.25) is 9.59 Å². The predicted octanol–water partition coefficient (Wildman–Crippen LogP) is 0.204. The summed E-state index contributed by atoms with van der Waals surface area (Å²) >= 11 is 0. The van der Waals surface area contributed by atoms with Crippen LogP contribution in [0.3, 0.4) is 0 Å². The number of pyridine rings is 1. The van der Waals surface area contributed by atoms with Gasteiger partial charge in [-0.25, -0.2) is 12.9 Å². The Balaban J connectivity index is 1.38. The lowest BCUT2D eigenvalue weighted by Gasteiger charge is -2.39. The highest BCUT2D eigenvalue weighted by molar-refractivity contribution is 7.91. The van der Waals surface area contributed by atoms with Gasteiger partial charge in [-0.15, -0.1) is 15.3 Å². The maximum Gasteiger partial charge on any atom is 0.273 e. The maximum atomic E-state index is 12.3. The molecule has 0 bridgehead atoms. The Morgan fingerprint density at radius 2 is 1.91 bits per heavy atom. The van der Waals surface area contributed by atoms with E-state index in [1.807, 2.05) is 11.0 Å². The number of anilines is 4. The lowest BCUT2D eigenvalue weighted by molar-refractivity contribution is -0.117. The van der Waals surface area contributed by atoms with Gasteiger partial charge >= 0.3 is 0 Å². The van der Waals surface area contributed by atoms with Crippen molar-refractivity contribution in [1.82, 2.24) is 30.1 Å². The highest BCUT2D eigenvalue weighted by Crippen LogP contribution is 2.30. The van der Waals surface area contributed by atoms with Crippen LogP contribution in [0.2, 0.25) is 0 Å². The van der Waals surface area contributed by atoms with Crippen molar-refractivity contribution < 1.29 is 18.0 Å². The Morgan fingerprint density at radius 1 is 1.15 bits per heavy atom. The van der Waals surface area contributed by atoms with Crippen LogP contribution >= 0.6 is 0 Å². The number of hydrogen-bond acceptors (Lipinski definition) is 10. The Morgan fingerprint density at radius 3 is 2.59 bits per heavy atom. The minimum atomic E-state index is -3.06. The van der Waals surface area contributed by atoms with Crippen LogP contribution in [0.25, 0.3) is 5.65 Å². The van der Waals surface area contributed by atoms with E-state index in [-0.39, 0.29) is 40.2 Å². The second kappa shape index (κ2) is 8.20. The largest absolute Gasteiger partial charge is 0.368 e. The minimum Gasteiger partial charge on any atom is -0.368 e. The third kappa shape index (κ3) is 4.35. The van der Waals surface area contributed by atoms with Crippen molar-refractivity contribution in [3.8, 4) is 0 Å². The molecule has 14 heteroatoms. The number of hydrogen-bond donors (Lipinski definition) is 3. The molecule has 0 spiro atoms. The average Bonchev–Trinajstić information content (AvgIpc) is 3.52. The summed E-state index contributed by atoms with van der Waals surface area (Å²) in [5.41, 5.74) is 1.69. The standard InChI is InChI=1S/C20H23N9O4S/c1-21-19(31)17-14(7-15(25-26-17)23-18(30)11-3-4-11)22-20-24-16-6-5-12(8-29(16)27-20)28-9-13(10-28)34(2,32)33/h5-8,11,13H,3-4,9-10H2,1-2H3,(H,21,31)(H2,22,23,25,27,30). The van der Waals surface area contributed by atoms with Crippen molar-refractivity contribution in [2.75, 3.05) is 41.9 Å². The van der Waals surface area contributed by atoms with E-state index >= 15 is 0 Å². The lowest BCUT2D eigenvalue weighted by Crippen LogP contribution is -2.54. The van der Waals surface area contributed by atoms with Gasteiger partial charge < -0.3 is 20.9 Å². The molecule has 4 heterocycles. The van der Waals surface area contributed by atoms with Gasteiger partial charge in [0, 0.05) is 38.4 Å². The van der Waals surface area contributed by atoms with Gasteiger partial charge in [0.1, 0.15) is 0 Å². The number of nitrogens with one attached hydrogen (secondary N) is 3. The number of aromatic nitrogens is 5. The van der Waals surface area contributed by atoms with E-state index in [4.69, 9.17) is 0 Å². The van der Waals surface area contributed by atoms with E-state index in [1.54, 1.807) is 16.8 Å². The summed E-state index contributed by atoms with van der Waals surface area (Å²) in [4.78, 5) is 30.7. The first-order chi connectivity index (χ1) is 16.2. The van der Waals surface area contributed by atoms with Crippen molar-refractivity contribution in [2.24, 2.45) is 5.92 Å². The molecule has 0 unspecified atom stereocenters. The number of nitrogens with zero attached hydrogens (tertiary/aromatic N) is 6. The second-order valence-electron chi connectivity index (χ2n) is 8.44. The topological polar surface area (TPSA) is 164 Å². The van der Waals surface area contributed by atoms with Gasteiger partial charge in [0.05, 0.1) is 22.8 Å². The molecule has 5 rings (SSSR count). The molecule has 178 valence electrons. The van der Waals surface area contributed by atoms with Gasteiger partial charge in [-0.2, -0.15) is 4.98 Å². The second-order valence-corrected chi connectivity index (χ2v) is 10.8. The molecular formula is C20H23N9O4S. The fraction of sp³-hybridized carbons (Fsp3) is 0.400. The number of amides is 2. The maximum absolute atomic E-state index is 12.3. The number of carbonyl (C=O) groups is 2. The molecule has 1 aliphatic carbocycles. The van der Waals surface area contributed by atoms with Crippen molar-refractivity contribution in [3.63, 3.8) is 0 Å². The summed E-state index contributed by atoms with van der Waals surface area (Å²) in [6.45, 7) is 0.856.